The largest absolute Gasteiger partial charge is 0.457 e. The summed E-state index contributed by atoms with van der Waals surface area (Å²) in [6, 6.07) is 23.6. The number of hydrogen-bond donors (Lipinski definition) is 1. The Morgan fingerprint density at radius 2 is 1.41 bits per heavy atom. The van der Waals surface area contributed by atoms with E-state index >= 15 is 0 Å². The fourth-order valence-corrected chi connectivity index (χ4v) is 2.18. The number of hydrogen-bond acceptors (Lipinski definition) is 3. The minimum atomic E-state index is -0.0932. The van der Waals surface area contributed by atoms with Crippen LogP contribution in [0.15, 0.2) is 78.9 Å². The second-order valence-corrected chi connectivity index (χ2v) is 4.86. The summed E-state index contributed by atoms with van der Waals surface area (Å²) in [6.45, 7) is 0. The second-order valence-electron chi connectivity index (χ2n) is 4.86. The first-order valence-corrected chi connectivity index (χ1v) is 6.96. The van der Waals surface area contributed by atoms with Crippen LogP contribution in [0, 0.1) is 0 Å². The summed E-state index contributed by atoms with van der Waals surface area (Å²) in [7, 11) is 0. The van der Waals surface area contributed by atoms with Crippen LogP contribution in [0.3, 0.4) is 0 Å². The number of anilines is 1. The number of carbonyl (C=O) groups excluding carboxylic acids is 1. The van der Waals surface area contributed by atoms with Gasteiger partial charge in [-0.25, -0.2) is 0 Å². The summed E-state index contributed by atoms with van der Waals surface area (Å²) in [5, 5.41) is 0. The maximum atomic E-state index is 12.4. The zero-order valence-electron chi connectivity index (χ0n) is 11.9. The molecule has 0 spiro atoms. The van der Waals surface area contributed by atoms with Gasteiger partial charge in [0.15, 0.2) is 5.78 Å². The van der Waals surface area contributed by atoms with Crippen LogP contribution in [0.4, 0.5) is 5.69 Å². The molecular formula is C19H15NO2. The fraction of sp³-hybridized carbons (Fsp3) is 0. The van der Waals surface area contributed by atoms with Crippen molar-refractivity contribution in [2.45, 2.75) is 0 Å². The minimum Gasteiger partial charge on any atom is -0.457 e. The van der Waals surface area contributed by atoms with Gasteiger partial charge in [0.25, 0.3) is 0 Å². The molecule has 22 heavy (non-hydrogen) atoms. The number of nitrogens with two attached hydrogens (primary N) is 1. The van der Waals surface area contributed by atoms with Crippen molar-refractivity contribution in [3.8, 4) is 11.5 Å². The highest BCUT2D eigenvalue weighted by Gasteiger charge is 2.12. The van der Waals surface area contributed by atoms with Gasteiger partial charge in [-0.15, -0.1) is 0 Å². The summed E-state index contributed by atoms with van der Waals surface area (Å²) in [4.78, 5) is 12.4. The van der Waals surface area contributed by atoms with E-state index in [4.69, 9.17) is 10.5 Å². The van der Waals surface area contributed by atoms with Crippen LogP contribution in [-0.2, 0) is 0 Å². The first-order chi connectivity index (χ1) is 10.7. The van der Waals surface area contributed by atoms with E-state index in [-0.39, 0.29) is 5.78 Å². The quantitative estimate of drug-likeness (QED) is 0.575. The van der Waals surface area contributed by atoms with Crippen molar-refractivity contribution < 1.29 is 9.53 Å². The van der Waals surface area contributed by atoms with Gasteiger partial charge in [-0.3, -0.25) is 4.79 Å². The van der Waals surface area contributed by atoms with E-state index in [0.717, 1.165) is 5.75 Å². The molecule has 108 valence electrons. The third-order valence-corrected chi connectivity index (χ3v) is 3.28. The van der Waals surface area contributed by atoms with Crippen molar-refractivity contribution in [1.29, 1.82) is 0 Å². The average molecular weight is 289 g/mol. The van der Waals surface area contributed by atoms with Crippen LogP contribution in [0.25, 0.3) is 0 Å². The van der Waals surface area contributed by atoms with E-state index in [2.05, 4.69) is 0 Å². The molecule has 3 aromatic carbocycles. The van der Waals surface area contributed by atoms with Crippen LogP contribution in [0.2, 0.25) is 0 Å². The predicted octanol–water partition coefficient (Wildman–Crippen LogP) is 4.29. The van der Waals surface area contributed by atoms with E-state index in [0.29, 0.717) is 22.6 Å². The SMILES string of the molecule is Nc1cc(Oc2ccccc2)ccc1C(=O)c1ccccc1. The number of rotatable bonds is 4. The van der Waals surface area contributed by atoms with Gasteiger partial charge in [-0.2, -0.15) is 0 Å². The molecule has 2 N–H and O–H groups in total. The molecule has 0 aromatic heterocycles. The van der Waals surface area contributed by atoms with Gasteiger partial charge in [0.2, 0.25) is 0 Å². The normalized spacial score (nSPS) is 10.2. The lowest BCUT2D eigenvalue weighted by Crippen LogP contribution is -2.05. The topological polar surface area (TPSA) is 52.3 Å². The lowest BCUT2D eigenvalue weighted by atomic mass is 10.0. The Morgan fingerprint density at radius 1 is 0.773 bits per heavy atom. The highest BCUT2D eigenvalue weighted by Crippen LogP contribution is 2.26. The summed E-state index contributed by atoms with van der Waals surface area (Å²) in [5.41, 5.74) is 7.51. The lowest BCUT2D eigenvalue weighted by Gasteiger charge is -2.09. The highest BCUT2D eigenvalue weighted by atomic mass is 16.5. The number of ether oxygens (including phenoxy) is 1. The Hall–Kier alpha value is -3.07. The van der Waals surface area contributed by atoms with Gasteiger partial charge < -0.3 is 10.5 Å². The van der Waals surface area contributed by atoms with E-state index in [9.17, 15) is 4.79 Å². The number of carbonyl (C=O) groups is 1. The molecule has 0 radical (unpaired) electrons. The van der Waals surface area contributed by atoms with Gasteiger partial charge in [0, 0.05) is 22.9 Å². The van der Waals surface area contributed by atoms with Crippen molar-refractivity contribution in [2.75, 3.05) is 5.73 Å². The van der Waals surface area contributed by atoms with Crippen LogP contribution in [0.1, 0.15) is 15.9 Å². The molecule has 3 aromatic rings. The fourth-order valence-electron chi connectivity index (χ4n) is 2.18. The molecule has 3 nitrogen and oxygen atoms in total. The second kappa shape index (κ2) is 6.14. The van der Waals surface area contributed by atoms with Crippen LogP contribution in [-0.4, -0.2) is 5.78 Å². The van der Waals surface area contributed by atoms with Gasteiger partial charge in [-0.1, -0.05) is 48.5 Å². The van der Waals surface area contributed by atoms with Gasteiger partial charge >= 0.3 is 0 Å². The van der Waals surface area contributed by atoms with Gasteiger partial charge in [0.05, 0.1) is 0 Å². The number of para-hydroxylation sites is 1. The molecule has 0 saturated heterocycles. The lowest BCUT2D eigenvalue weighted by molar-refractivity contribution is 0.103. The maximum absolute atomic E-state index is 12.4. The summed E-state index contributed by atoms with van der Waals surface area (Å²) in [5.74, 6) is 1.24. The van der Waals surface area contributed by atoms with Crippen molar-refractivity contribution >= 4 is 11.5 Å². The van der Waals surface area contributed by atoms with E-state index < -0.39 is 0 Å². The molecule has 0 bridgehead atoms. The van der Waals surface area contributed by atoms with Gasteiger partial charge in [-0.05, 0) is 24.3 Å². The van der Waals surface area contributed by atoms with E-state index in [1.54, 1.807) is 30.3 Å². The number of benzene rings is 3. The van der Waals surface area contributed by atoms with Crippen molar-refractivity contribution in [3.63, 3.8) is 0 Å². The molecule has 0 fully saturated rings. The number of ketones is 1. The Morgan fingerprint density at radius 3 is 2.05 bits per heavy atom. The monoisotopic (exact) mass is 289 g/mol. The van der Waals surface area contributed by atoms with Crippen molar-refractivity contribution in [2.24, 2.45) is 0 Å². The molecular weight excluding hydrogens is 274 g/mol. The third-order valence-electron chi connectivity index (χ3n) is 3.28. The van der Waals surface area contributed by atoms with Crippen molar-refractivity contribution in [3.05, 3.63) is 90.0 Å². The van der Waals surface area contributed by atoms with Gasteiger partial charge in [0.1, 0.15) is 11.5 Å². The average Bonchev–Trinajstić information content (AvgIpc) is 2.56. The molecule has 3 heteroatoms. The van der Waals surface area contributed by atoms with Crippen molar-refractivity contribution in [1.82, 2.24) is 0 Å². The number of nitrogen functional groups attached to an aromatic ring is 1. The van der Waals surface area contributed by atoms with Crippen LogP contribution >= 0.6 is 0 Å². The summed E-state index contributed by atoms with van der Waals surface area (Å²) < 4.78 is 5.71. The molecule has 0 heterocycles. The molecule has 0 aliphatic carbocycles. The third kappa shape index (κ3) is 2.99. The molecule has 0 aliphatic rings. The summed E-state index contributed by atoms with van der Waals surface area (Å²) in [6.07, 6.45) is 0. The first kappa shape index (κ1) is 13.9. The molecule has 0 aliphatic heterocycles. The molecule has 0 amide bonds. The Kier molecular flexibility index (Phi) is 3.88. The predicted molar refractivity (Wildman–Crippen MR) is 87.2 cm³/mol. The molecule has 0 saturated carbocycles. The zero-order valence-corrected chi connectivity index (χ0v) is 11.9. The molecule has 0 unspecified atom stereocenters. The zero-order chi connectivity index (χ0) is 15.4. The smallest absolute Gasteiger partial charge is 0.195 e. The first-order valence-electron chi connectivity index (χ1n) is 6.96. The standard InChI is InChI=1S/C19H15NO2/c20-18-13-16(22-15-9-5-2-6-10-15)11-12-17(18)19(21)14-7-3-1-4-8-14/h1-13H,20H2. The maximum Gasteiger partial charge on any atom is 0.195 e. The Labute approximate surface area is 129 Å². The Balaban J connectivity index is 1.85. The Bertz CT molecular complexity index is 783. The highest BCUT2D eigenvalue weighted by molar-refractivity contribution is 6.12. The molecule has 3 rings (SSSR count). The van der Waals surface area contributed by atoms with E-state index in [1.165, 1.54) is 0 Å². The molecule has 0 atom stereocenters. The van der Waals surface area contributed by atoms with Crippen LogP contribution in [0.5, 0.6) is 11.5 Å². The minimum absolute atomic E-state index is 0.0932. The van der Waals surface area contributed by atoms with Crippen LogP contribution < -0.4 is 10.5 Å². The van der Waals surface area contributed by atoms with E-state index in [1.807, 2.05) is 48.5 Å². The summed E-state index contributed by atoms with van der Waals surface area (Å²) >= 11 is 0.